The summed E-state index contributed by atoms with van der Waals surface area (Å²) in [4.78, 5) is 33.4. The summed E-state index contributed by atoms with van der Waals surface area (Å²) in [5, 5.41) is 8.99. The van der Waals surface area contributed by atoms with E-state index < -0.39 is 0 Å². The first-order valence-corrected chi connectivity index (χ1v) is 15.9. The minimum absolute atomic E-state index is 0.125. The zero-order valence-corrected chi connectivity index (χ0v) is 26.6. The molecule has 1 saturated heterocycles. The zero-order valence-electron chi connectivity index (χ0n) is 26.6. The number of benzene rings is 4. The van der Waals surface area contributed by atoms with Crippen molar-refractivity contribution in [2.45, 2.75) is 70.7 Å². The monoisotopic (exact) mass is 616 g/mol. The maximum Gasteiger partial charge on any atom is 0.254 e. The van der Waals surface area contributed by atoms with Crippen molar-refractivity contribution in [3.05, 3.63) is 131 Å². The van der Waals surface area contributed by atoms with Gasteiger partial charge < -0.3 is 19.5 Å². The average Bonchev–Trinajstić information content (AvgIpc) is 3.70. The minimum Gasteiger partial charge on any atom is -0.371 e. The van der Waals surface area contributed by atoms with Gasteiger partial charge >= 0.3 is 0 Å². The smallest absolute Gasteiger partial charge is 0.254 e. The third-order valence-electron chi connectivity index (χ3n) is 8.17. The number of hydrogen-bond donors (Lipinski definition) is 1. The molecular formula is C38H40N4O4. The second-order valence-corrected chi connectivity index (χ2v) is 12.9. The number of ether oxygens (including phenoxy) is 1. The normalized spacial score (nSPS) is 16.5. The molecule has 1 N–H and O–H groups in total. The second kappa shape index (κ2) is 13.7. The van der Waals surface area contributed by atoms with Gasteiger partial charge in [0, 0.05) is 37.1 Å². The molecule has 0 bridgehead atoms. The average molecular weight is 617 g/mol. The molecule has 236 valence electrons. The summed E-state index contributed by atoms with van der Waals surface area (Å²) in [5.74, 6) is 0.818. The Morgan fingerprint density at radius 3 is 2.22 bits per heavy atom. The molecule has 1 fully saturated rings. The quantitative estimate of drug-likeness (QED) is 0.180. The number of carbonyl (C=O) groups excluding carboxylic acids is 2. The van der Waals surface area contributed by atoms with Crippen LogP contribution >= 0.6 is 0 Å². The fraction of sp³-hybridized carbons (Fsp3) is 0.316. The van der Waals surface area contributed by atoms with Crippen molar-refractivity contribution in [1.82, 2.24) is 20.4 Å². The summed E-state index contributed by atoms with van der Waals surface area (Å²) < 4.78 is 12.1. The summed E-state index contributed by atoms with van der Waals surface area (Å²) in [6.07, 6.45) is 2.93. The van der Waals surface area contributed by atoms with Crippen LogP contribution in [0.3, 0.4) is 0 Å². The lowest BCUT2D eigenvalue weighted by molar-refractivity contribution is -0.0535. The van der Waals surface area contributed by atoms with Gasteiger partial charge in [0.1, 0.15) is 6.04 Å². The van der Waals surface area contributed by atoms with Gasteiger partial charge in [-0.25, -0.2) is 0 Å². The van der Waals surface area contributed by atoms with Gasteiger partial charge in [-0.05, 0) is 79.8 Å². The molecule has 4 aromatic carbocycles. The van der Waals surface area contributed by atoms with E-state index in [0.717, 1.165) is 29.2 Å². The first kappa shape index (κ1) is 31.2. The molecule has 0 unspecified atom stereocenters. The lowest BCUT2D eigenvalue weighted by atomic mass is 10.0. The summed E-state index contributed by atoms with van der Waals surface area (Å²) >= 11 is 0. The number of nitrogens with one attached hydrogen (secondary N) is 1. The van der Waals surface area contributed by atoms with E-state index in [2.05, 4.69) is 22.6 Å². The first-order chi connectivity index (χ1) is 22.2. The van der Waals surface area contributed by atoms with Crippen molar-refractivity contribution in [2.24, 2.45) is 0 Å². The van der Waals surface area contributed by atoms with E-state index >= 15 is 0 Å². The molecule has 46 heavy (non-hydrogen) atoms. The van der Waals surface area contributed by atoms with Gasteiger partial charge in [0.15, 0.2) is 5.82 Å². The zero-order chi connectivity index (χ0) is 32.1. The van der Waals surface area contributed by atoms with E-state index in [9.17, 15) is 9.59 Å². The molecule has 2 amide bonds. The van der Waals surface area contributed by atoms with Gasteiger partial charge in [0.2, 0.25) is 5.89 Å². The van der Waals surface area contributed by atoms with Crippen molar-refractivity contribution >= 4 is 22.6 Å². The highest BCUT2D eigenvalue weighted by Gasteiger charge is 2.41. The number of aromatic nitrogens is 2. The molecule has 8 heteroatoms. The Balaban J connectivity index is 1.16. The Morgan fingerprint density at radius 1 is 0.870 bits per heavy atom. The van der Waals surface area contributed by atoms with Crippen LogP contribution in [0.4, 0.5) is 0 Å². The fourth-order valence-corrected chi connectivity index (χ4v) is 6.01. The van der Waals surface area contributed by atoms with E-state index in [0.29, 0.717) is 48.8 Å². The molecule has 5 aromatic rings. The molecule has 2 atom stereocenters. The number of carbonyl (C=O) groups is 2. The molecule has 2 heterocycles. The third-order valence-corrected chi connectivity index (χ3v) is 8.17. The first-order valence-electron chi connectivity index (χ1n) is 15.9. The molecule has 6 rings (SSSR count). The Kier molecular flexibility index (Phi) is 9.26. The number of amides is 2. The molecule has 0 aliphatic carbocycles. The van der Waals surface area contributed by atoms with Gasteiger partial charge in [0.05, 0.1) is 11.7 Å². The number of aryl methyl sites for hydroxylation is 2. The Hall–Kier alpha value is -4.82. The maximum absolute atomic E-state index is 14.0. The fourth-order valence-electron chi connectivity index (χ4n) is 6.01. The Bertz CT molecular complexity index is 1800. The van der Waals surface area contributed by atoms with Gasteiger partial charge in [-0.3, -0.25) is 9.59 Å². The largest absolute Gasteiger partial charge is 0.371 e. The van der Waals surface area contributed by atoms with Crippen LogP contribution in [0.25, 0.3) is 10.8 Å². The predicted octanol–water partition coefficient (Wildman–Crippen LogP) is 7.10. The number of hydrogen-bond acceptors (Lipinski definition) is 6. The second-order valence-electron chi connectivity index (χ2n) is 12.9. The van der Waals surface area contributed by atoms with E-state index in [1.54, 1.807) is 11.0 Å². The van der Waals surface area contributed by atoms with E-state index in [4.69, 9.17) is 14.2 Å². The molecule has 0 radical (unpaired) electrons. The highest BCUT2D eigenvalue weighted by molar-refractivity contribution is 6.02. The Morgan fingerprint density at radius 2 is 1.52 bits per heavy atom. The molecule has 0 spiro atoms. The van der Waals surface area contributed by atoms with Gasteiger partial charge in [-0.1, -0.05) is 78.0 Å². The SMILES string of the molecule is CC(C)(C)O[C@@H]1C[C@@H](c2nc(CCCc3ccccc3)no2)N(C(=O)c2ccc3cc(C(=O)NCc4ccccc4)ccc3c2)C1. The minimum atomic E-state index is -0.387. The molecular weight excluding hydrogens is 576 g/mol. The van der Waals surface area contributed by atoms with Crippen LogP contribution in [-0.2, 0) is 24.1 Å². The van der Waals surface area contributed by atoms with Crippen LogP contribution in [0.15, 0.2) is 102 Å². The van der Waals surface area contributed by atoms with Crippen molar-refractivity contribution in [2.75, 3.05) is 6.54 Å². The Labute approximate surface area is 269 Å². The van der Waals surface area contributed by atoms with Crippen LogP contribution in [0.5, 0.6) is 0 Å². The molecule has 1 aliphatic heterocycles. The number of fused-ring (bicyclic) bond motifs is 1. The van der Waals surface area contributed by atoms with Crippen LogP contribution in [0, 0.1) is 0 Å². The van der Waals surface area contributed by atoms with Crippen LogP contribution in [0.2, 0.25) is 0 Å². The van der Waals surface area contributed by atoms with Crippen molar-refractivity contribution in [1.29, 1.82) is 0 Å². The van der Waals surface area contributed by atoms with Crippen molar-refractivity contribution in [3.63, 3.8) is 0 Å². The lowest BCUT2D eigenvalue weighted by Gasteiger charge is -2.25. The van der Waals surface area contributed by atoms with Crippen LogP contribution < -0.4 is 5.32 Å². The van der Waals surface area contributed by atoms with Crippen LogP contribution in [-0.4, -0.2) is 45.1 Å². The highest BCUT2D eigenvalue weighted by atomic mass is 16.5. The summed E-state index contributed by atoms with van der Waals surface area (Å²) in [5.41, 5.74) is 3.08. The summed E-state index contributed by atoms with van der Waals surface area (Å²) in [6, 6.07) is 30.9. The lowest BCUT2D eigenvalue weighted by Crippen LogP contribution is -2.34. The molecule has 1 aromatic heterocycles. The van der Waals surface area contributed by atoms with Crippen molar-refractivity contribution < 1.29 is 18.8 Å². The molecule has 1 aliphatic rings. The standard InChI is InChI=1S/C38H40N4O4/c1-38(2,3)45-32-23-33(36-40-34(41-46-36)16-10-15-26-11-6-4-7-12-26)42(25-32)37(44)31-20-18-28-21-30(19-17-29(28)22-31)35(43)39-24-27-13-8-5-9-14-27/h4-9,11-14,17-22,32-33H,10,15-16,23-25H2,1-3H3,(H,39,43)/t32-,33+/m1/s1. The maximum atomic E-state index is 14.0. The van der Waals surface area contributed by atoms with Crippen molar-refractivity contribution in [3.8, 4) is 0 Å². The highest BCUT2D eigenvalue weighted by Crippen LogP contribution is 2.36. The van der Waals surface area contributed by atoms with Gasteiger partial charge in [-0.15, -0.1) is 0 Å². The topological polar surface area (TPSA) is 97.6 Å². The van der Waals surface area contributed by atoms with Gasteiger partial charge in [0.25, 0.3) is 11.8 Å². The van der Waals surface area contributed by atoms with E-state index in [1.807, 2.05) is 99.6 Å². The molecule has 0 saturated carbocycles. The van der Waals surface area contributed by atoms with E-state index in [-0.39, 0.29) is 29.6 Å². The van der Waals surface area contributed by atoms with Crippen LogP contribution in [0.1, 0.15) is 83.2 Å². The number of nitrogens with zero attached hydrogens (tertiary/aromatic N) is 3. The summed E-state index contributed by atoms with van der Waals surface area (Å²) in [7, 11) is 0. The number of rotatable bonds is 10. The van der Waals surface area contributed by atoms with E-state index in [1.165, 1.54) is 5.56 Å². The number of likely N-dealkylation sites (tertiary alicyclic amines) is 1. The molecule has 8 nitrogen and oxygen atoms in total. The predicted molar refractivity (Wildman–Crippen MR) is 177 cm³/mol. The summed E-state index contributed by atoms with van der Waals surface area (Å²) in [6.45, 7) is 6.93. The third kappa shape index (κ3) is 7.69. The van der Waals surface area contributed by atoms with Gasteiger partial charge in [-0.2, -0.15) is 4.98 Å².